The fraction of sp³-hybridized carbons (Fsp3) is 0.208. The van der Waals surface area contributed by atoms with E-state index in [0.29, 0.717) is 25.2 Å². The average Bonchev–Trinajstić information content (AvgIpc) is 3.17. The number of aromatic amines is 1. The summed E-state index contributed by atoms with van der Waals surface area (Å²) in [5.41, 5.74) is 3.16. The first-order valence-electron chi connectivity index (χ1n) is 10.0. The number of pyridine rings is 1. The molecule has 1 saturated heterocycles. The third kappa shape index (κ3) is 4.49. The van der Waals surface area contributed by atoms with Crippen LogP contribution in [0.15, 0.2) is 71.5 Å². The highest BCUT2D eigenvalue weighted by Gasteiger charge is 2.20. The minimum absolute atomic E-state index is 0.0773. The first kappa shape index (κ1) is 19.6. The molecule has 6 heteroatoms. The molecular formula is C24H23N3O3. The van der Waals surface area contributed by atoms with Gasteiger partial charge in [-0.05, 0) is 35.2 Å². The monoisotopic (exact) mass is 401 g/mol. The van der Waals surface area contributed by atoms with E-state index < -0.39 is 11.5 Å². The predicted octanol–water partition coefficient (Wildman–Crippen LogP) is 3.09. The first-order chi connectivity index (χ1) is 14.6. The summed E-state index contributed by atoms with van der Waals surface area (Å²) in [5, 5.41) is 2.81. The topological polar surface area (TPSA) is 82.3 Å². The largest absolute Gasteiger partial charge is 0.348 e. The Balaban J connectivity index is 1.40. The van der Waals surface area contributed by atoms with Crippen molar-refractivity contribution < 1.29 is 9.59 Å². The average molecular weight is 401 g/mol. The molecule has 6 nitrogen and oxygen atoms in total. The number of carbonyl (C=O) groups excluding carboxylic acids is 2. The van der Waals surface area contributed by atoms with Gasteiger partial charge in [0.1, 0.15) is 5.56 Å². The summed E-state index contributed by atoms with van der Waals surface area (Å²) in [7, 11) is 0. The van der Waals surface area contributed by atoms with Gasteiger partial charge in [0.25, 0.3) is 11.5 Å². The fourth-order valence-corrected chi connectivity index (χ4v) is 3.65. The molecule has 0 aliphatic carbocycles. The molecule has 0 spiro atoms. The molecule has 4 rings (SSSR count). The molecule has 0 radical (unpaired) electrons. The van der Waals surface area contributed by atoms with Crippen LogP contribution in [0.4, 0.5) is 0 Å². The molecule has 0 atom stereocenters. The van der Waals surface area contributed by atoms with Crippen molar-refractivity contribution in [3.05, 3.63) is 93.8 Å². The van der Waals surface area contributed by atoms with Crippen molar-refractivity contribution in [3.63, 3.8) is 0 Å². The highest BCUT2D eigenvalue weighted by atomic mass is 16.2. The lowest BCUT2D eigenvalue weighted by molar-refractivity contribution is -0.128. The maximum atomic E-state index is 12.5. The lowest BCUT2D eigenvalue weighted by Gasteiger charge is -2.16. The van der Waals surface area contributed by atoms with E-state index in [0.717, 1.165) is 29.7 Å². The zero-order valence-corrected chi connectivity index (χ0v) is 16.6. The Bertz CT molecular complexity index is 1120. The number of aromatic nitrogens is 1. The molecule has 0 unspecified atom stereocenters. The van der Waals surface area contributed by atoms with Gasteiger partial charge in [-0.25, -0.2) is 0 Å². The van der Waals surface area contributed by atoms with E-state index >= 15 is 0 Å². The minimum atomic E-state index is -0.421. The van der Waals surface area contributed by atoms with Crippen molar-refractivity contribution in [2.75, 3.05) is 6.54 Å². The highest BCUT2D eigenvalue weighted by Crippen LogP contribution is 2.16. The Morgan fingerprint density at radius 2 is 1.77 bits per heavy atom. The summed E-state index contributed by atoms with van der Waals surface area (Å²) >= 11 is 0. The second-order valence-electron chi connectivity index (χ2n) is 7.40. The second-order valence-corrected chi connectivity index (χ2v) is 7.40. The number of nitrogens with one attached hydrogen (secondary N) is 2. The molecule has 2 aromatic carbocycles. The molecular weight excluding hydrogens is 378 g/mol. The van der Waals surface area contributed by atoms with Crippen LogP contribution in [0.5, 0.6) is 0 Å². The highest BCUT2D eigenvalue weighted by molar-refractivity contribution is 5.94. The van der Waals surface area contributed by atoms with Gasteiger partial charge in [-0.1, -0.05) is 54.6 Å². The van der Waals surface area contributed by atoms with Crippen LogP contribution in [0.3, 0.4) is 0 Å². The van der Waals surface area contributed by atoms with Crippen molar-refractivity contribution in [1.29, 1.82) is 0 Å². The van der Waals surface area contributed by atoms with E-state index in [4.69, 9.17) is 0 Å². The molecule has 30 heavy (non-hydrogen) atoms. The van der Waals surface area contributed by atoms with Gasteiger partial charge in [0.15, 0.2) is 0 Å². The molecule has 2 heterocycles. The van der Waals surface area contributed by atoms with E-state index in [1.165, 1.54) is 0 Å². The summed E-state index contributed by atoms with van der Waals surface area (Å²) in [6, 6.07) is 20.5. The van der Waals surface area contributed by atoms with E-state index in [1.807, 2.05) is 59.5 Å². The fourth-order valence-electron chi connectivity index (χ4n) is 3.65. The number of H-pyrrole nitrogens is 1. The van der Waals surface area contributed by atoms with Crippen LogP contribution < -0.4 is 10.9 Å². The molecule has 0 saturated carbocycles. The van der Waals surface area contributed by atoms with Gasteiger partial charge in [-0.2, -0.15) is 0 Å². The third-order valence-corrected chi connectivity index (χ3v) is 5.23. The van der Waals surface area contributed by atoms with E-state index in [9.17, 15) is 14.4 Å². The van der Waals surface area contributed by atoms with Crippen LogP contribution >= 0.6 is 0 Å². The minimum Gasteiger partial charge on any atom is -0.348 e. The van der Waals surface area contributed by atoms with Crippen molar-refractivity contribution in [2.45, 2.75) is 25.9 Å². The van der Waals surface area contributed by atoms with Crippen molar-refractivity contribution >= 4 is 11.8 Å². The third-order valence-electron chi connectivity index (χ3n) is 5.23. The SMILES string of the molecule is O=C(NCc1cccc(CN2CCCC2=O)c1)c1ccc(-c2ccccc2)[nH]c1=O. The number of amides is 2. The molecule has 2 amide bonds. The maximum absolute atomic E-state index is 12.5. The summed E-state index contributed by atoms with van der Waals surface area (Å²) in [4.78, 5) is 41.3. The number of benzene rings is 2. The molecule has 152 valence electrons. The summed E-state index contributed by atoms with van der Waals surface area (Å²) in [6.45, 7) is 1.68. The van der Waals surface area contributed by atoms with Crippen molar-refractivity contribution in [2.24, 2.45) is 0 Å². The molecule has 0 bridgehead atoms. The Hall–Kier alpha value is -3.67. The summed E-state index contributed by atoms with van der Waals surface area (Å²) < 4.78 is 0. The Morgan fingerprint density at radius 1 is 0.967 bits per heavy atom. The molecule has 3 aromatic rings. The quantitative estimate of drug-likeness (QED) is 0.666. The maximum Gasteiger partial charge on any atom is 0.261 e. The van der Waals surface area contributed by atoms with Crippen molar-refractivity contribution in [1.82, 2.24) is 15.2 Å². The summed E-state index contributed by atoms with van der Waals surface area (Å²) in [6.07, 6.45) is 1.53. The predicted molar refractivity (Wildman–Crippen MR) is 115 cm³/mol. The zero-order valence-electron chi connectivity index (χ0n) is 16.6. The second kappa shape index (κ2) is 8.78. The van der Waals surface area contributed by atoms with Gasteiger partial charge >= 0.3 is 0 Å². The number of rotatable bonds is 6. The van der Waals surface area contributed by atoms with Crippen molar-refractivity contribution in [3.8, 4) is 11.3 Å². The van der Waals surface area contributed by atoms with Gasteiger partial charge in [0.05, 0.1) is 0 Å². The molecule has 1 fully saturated rings. The number of hydrogen-bond acceptors (Lipinski definition) is 3. The van der Waals surface area contributed by atoms with Crippen LogP contribution in [-0.2, 0) is 17.9 Å². The lowest BCUT2D eigenvalue weighted by atomic mass is 10.1. The van der Waals surface area contributed by atoms with Crippen LogP contribution in [-0.4, -0.2) is 28.2 Å². The lowest BCUT2D eigenvalue weighted by Crippen LogP contribution is -2.29. The van der Waals surface area contributed by atoms with Gasteiger partial charge in [-0.3, -0.25) is 14.4 Å². The van der Waals surface area contributed by atoms with Crippen LogP contribution in [0.1, 0.15) is 34.3 Å². The standard InChI is InChI=1S/C24H23N3O3/c28-22-10-5-13-27(22)16-18-7-4-6-17(14-18)15-25-23(29)20-11-12-21(26-24(20)30)19-8-2-1-3-9-19/h1-4,6-9,11-12,14H,5,10,13,15-16H2,(H,25,29)(H,26,30). The number of nitrogens with zero attached hydrogens (tertiary/aromatic N) is 1. The van der Waals surface area contributed by atoms with Crippen LogP contribution in [0.2, 0.25) is 0 Å². The Kier molecular flexibility index (Phi) is 5.75. The normalized spacial score (nSPS) is 13.5. The van der Waals surface area contributed by atoms with Gasteiger partial charge in [0.2, 0.25) is 5.91 Å². The molecule has 2 N–H and O–H groups in total. The van der Waals surface area contributed by atoms with Crippen LogP contribution in [0, 0.1) is 0 Å². The van der Waals surface area contributed by atoms with E-state index in [2.05, 4.69) is 10.3 Å². The van der Waals surface area contributed by atoms with Gasteiger partial charge in [-0.15, -0.1) is 0 Å². The molecule has 1 aromatic heterocycles. The molecule has 1 aliphatic heterocycles. The summed E-state index contributed by atoms with van der Waals surface area (Å²) in [5.74, 6) is -0.233. The first-order valence-corrected chi connectivity index (χ1v) is 10.0. The molecule has 1 aliphatic rings. The van der Waals surface area contributed by atoms with E-state index in [1.54, 1.807) is 12.1 Å². The number of likely N-dealkylation sites (tertiary alicyclic amines) is 1. The van der Waals surface area contributed by atoms with E-state index in [-0.39, 0.29) is 11.5 Å². The van der Waals surface area contributed by atoms with Gasteiger partial charge < -0.3 is 15.2 Å². The Labute approximate surface area is 174 Å². The number of carbonyl (C=O) groups is 2. The Morgan fingerprint density at radius 3 is 2.50 bits per heavy atom. The van der Waals surface area contributed by atoms with Gasteiger partial charge in [0, 0.05) is 31.7 Å². The number of hydrogen-bond donors (Lipinski definition) is 2. The zero-order chi connectivity index (χ0) is 20.9. The smallest absolute Gasteiger partial charge is 0.261 e. The van der Waals surface area contributed by atoms with Crippen LogP contribution in [0.25, 0.3) is 11.3 Å².